The van der Waals surface area contributed by atoms with Gasteiger partial charge < -0.3 is 10.0 Å². The fraction of sp³-hybridized carbons (Fsp3) is 0.500. The van der Waals surface area contributed by atoms with Gasteiger partial charge in [-0.05, 0) is 37.3 Å². The van der Waals surface area contributed by atoms with Crippen molar-refractivity contribution in [3.8, 4) is 5.75 Å². The van der Waals surface area contributed by atoms with Crippen molar-refractivity contribution in [2.45, 2.75) is 67.7 Å². The van der Waals surface area contributed by atoms with Gasteiger partial charge in [0, 0.05) is 25.3 Å². The maximum Gasteiger partial charge on any atom is 0.245 e. The number of rotatable bonds is 8. The number of likely N-dealkylation sites (N-methyl/N-ethyl adjacent to an activating group) is 1. The van der Waals surface area contributed by atoms with Gasteiger partial charge >= 0.3 is 0 Å². The lowest BCUT2D eigenvalue weighted by atomic mass is 9.86. The van der Waals surface area contributed by atoms with Crippen molar-refractivity contribution in [2.75, 3.05) is 24.7 Å². The van der Waals surface area contributed by atoms with E-state index in [0.29, 0.717) is 17.1 Å². The molecule has 0 saturated heterocycles. The van der Waals surface area contributed by atoms with Crippen LogP contribution in [0.25, 0.3) is 0 Å². The highest BCUT2D eigenvalue weighted by atomic mass is 32.2. The Labute approximate surface area is 191 Å². The summed E-state index contributed by atoms with van der Waals surface area (Å²) in [4.78, 5) is 2.98. The van der Waals surface area contributed by atoms with Gasteiger partial charge in [0.25, 0.3) is 0 Å². The molecule has 2 aromatic rings. The molecule has 1 aliphatic rings. The molecule has 1 aliphatic heterocycles. The number of hydrogen-bond donors (Lipinski definition) is 1. The average Bonchev–Trinajstić information content (AvgIpc) is 2.84. The topological polar surface area (TPSA) is 60.9 Å². The third kappa shape index (κ3) is 4.59. The zero-order valence-corrected chi connectivity index (χ0v) is 20.6. The molecule has 0 unspecified atom stereocenters. The number of phenols is 1. The summed E-state index contributed by atoms with van der Waals surface area (Å²) in [5.74, 6) is 0.00542. The first kappa shape index (κ1) is 24.0. The molecule has 0 aromatic heterocycles. The molecule has 1 heterocycles. The lowest BCUT2D eigenvalue weighted by Crippen LogP contribution is -2.53. The molecule has 0 radical (unpaired) electrons. The predicted molar refractivity (Wildman–Crippen MR) is 130 cm³/mol. The number of thioether (sulfide) groups is 1. The Hall–Kier alpha value is -1.70. The lowest BCUT2D eigenvalue weighted by Gasteiger charge is -2.42. The van der Waals surface area contributed by atoms with Crippen LogP contribution in [0.15, 0.2) is 52.3 Å². The van der Waals surface area contributed by atoms with Gasteiger partial charge in [-0.3, -0.25) is 0 Å². The fourth-order valence-electron chi connectivity index (χ4n) is 4.45. The van der Waals surface area contributed by atoms with Crippen LogP contribution in [-0.4, -0.2) is 43.2 Å². The first-order valence-corrected chi connectivity index (χ1v) is 13.7. The van der Waals surface area contributed by atoms with Crippen LogP contribution in [-0.2, 0) is 10.0 Å². The van der Waals surface area contributed by atoms with E-state index in [4.69, 9.17) is 0 Å². The van der Waals surface area contributed by atoms with E-state index in [1.807, 2.05) is 42.7 Å². The minimum Gasteiger partial charge on any atom is -0.507 e. The Morgan fingerprint density at radius 2 is 1.68 bits per heavy atom. The maximum absolute atomic E-state index is 13.9. The molecule has 7 heteroatoms. The highest BCUT2D eigenvalue weighted by Gasteiger charge is 2.46. The van der Waals surface area contributed by atoms with Crippen molar-refractivity contribution in [3.63, 3.8) is 0 Å². The van der Waals surface area contributed by atoms with E-state index in [1.54, 1.807) is 11.4 Å². The van der Waals surface area contributed by atoms with Crippen molar-refractivity contribution in [1.82, 2.24) is 4.31 Å². The number of sulfonamides is 1. The third-order valence-corrected chi connectivity index (χ3v) is 9.13. The smallest absolute Gasteiger partial charge is 0.245 e. The molecule has 0 spiro atoms. The van der Waals surface area contributed by atoms with Crippen molar-refractivity contribution < 1.29 is 13.5 Å². The number of aromatic hydroxyl groups is 1. The molecule has 0 saturated carbocycles. The number of phenolic OH excluding ortho intramolecular Hbond substituents is 1. The summed E-state index contributed by atoms with van der Waals surface area (Å²) in [6.45, 7) is 4.87. The van der Waals surface area contributed by atoms with E-state index >= 15 is 0 Å². The molecule has 5 nitrogen and oxygen atoms in total. The van der Waals surface area contributed by atoms with Crippen LogP contribution >= 0.6 is 11.8 Å². The van der Waals surface area contributed by atoms with Crippen LogP contribution in [0.4, 0.5) is 11.4 Å². The summed E-state index contributed by atoms with van der Waals surface area (Å²) < 4.78 is 29.4. The standard InChI is InChI=1S/C24H34N2O3S2/c1-5-7-14-24(15-8-6-2)18-26(19-12-10-9-11-13-19)20-16-22(30-4)21(27)17-23(20)31(28,29)25(24)3/h9-13,16-17,27H,5-8,14-15,18H2,1-4H3. The van der Waals surface area contributed by atoms with E-state index < -0.39 is 15.6 Å². The second-order valence-electron chi connectivity index (χ2n) is 8.32. The van der Waals surface area contributed by atoms with Gasteiger partial charge in [0.15, 0.2) is 0 Å². The van der Waals surface area contributed by atoms with Crippen LogP contribution in [0, 0.1) is 0 Å². The zero-order valence-electron chi connectivity index (χ0n) is 19.0. The number of unbranched alkanes of at least 4 members (excludes halogenated alkanes) is 2. The summed E-state index contributed by atoms with van der Waals surface area (Å²) in [5, 5.41) is 10.5. The molecule has 1 N–H and O–H groups in total. The molecule has 0 amide bonds. The van der Waals surface area contributed by atoms with Crippen LogP contribution in [0.5, 0.6) is 5.75 Å². The summed E-state index contributed by atoms with van der Waals surface area (Å²) in [6, 6.07) is 13.2. The van der Waals surface area contributed by atoms with Gasteiger partial charge in [-0.25, -0.2) is 8.42 Å². The number of benzene rings is 2. The SMILES string of the molecule is CCCCC1(CCCC)CN(c2ccccc2)c2cc(SC)c(O)cc2S(=O)(=O)N1C. The Morgan fingerprint density at radius 1 is 1.06 bits per heavy atom. The van der Waals surface area contributed by atoms with Crippen molar-refractivity contribution in [3.05, 3.63) is 42.5 Å². The molecule has 3 rings (SSSR count). The van der Waals surface area contributed by atoms with Crippen molar-refractivity contribution in [2.24, 2.45) is 0 Å². The highest BCUT2D eigenvalue weighted by Crippen LogP contribution is 2.46. The van der Waals surface area contributed by atoms with Crippen LogP contribution in [0.2, 0.25) is 0 Å². The number of para-hydroxylation sites is 1. The molecule has 0 atom stereocenters. The predicted octanol–water partition coefficient (Wildman–Crippen LogP) is 6.01. The van der Waals surface area contributed by atoms with E-state index in [-0.39, 0.29) is 10.6 Å². The van der Waals surface area contributed by atoms with Crippen LogP contribution in [0.3, 0.4) is 0 Å². The van der Waals surface area contributed by atoms with E-state index in [1.165, 1.54) is 17.8 Å². The highest BCUT2D eigenvalue weighted by molar-refractivity contribution is 7.98. The minimum atomic E-state index is -3.79. The molecule has 170 valence electrons. The van der Waals surface area contributed by atoms with Gasteiger partial charge in [-0.15, -0.1) is 11.8 Å². The minimum absolute atomic E-state index is 0.00542. The van der Waals surface area contributed by atoms with Crippen molar-refractivity contribution >= 4 is 33.2 Å². The first-order chi connectivity index (χ1) is 14.8. The van der Waals surface area contributed by atoms with E-state index in [2.05, 4.69) is 18.7 Å². The largest absolute Gasteiger partial charge is 0.507 e. The number of nitrogens with zero attached hydrogens (tertiary/aromatic N) is 2. The van der Waals surface area contributed by atoms with Gasteiger partial charge in [0.2, 0.25) is 10.0 Å². The number of anilines is 2. The van der Waals surface area contributed by atoms with Crippen molar-refractivity contribution in [1.29, 1.82) is 0 Å². The number of hydrogen-bond acceptors (Lipinski definition) is 5. The third-order valence-electron chi connectivity index (χ3n) is 6.37. The zero-order chi connectivity index (χ0) is 22.6. The quantitative estimate of drug-likeness (QED) is 0.487. The summed E-state index contributed by atoms with van der Waals surface area (Å²) >= 11 is 1.42. The normalized spacial score (nSPS) is 17.9. The second-order valence-corrected chi connectivity index (χ2v) is 11.1. The first-order valence-electron chi connectivity index (χ1n) is 11.0. The Kier molecular flexibility index (Phi) is 7.60. The maximum atomic E-state index is 13.9. The summed E-state index contributed by atoms with van der Waals surface area (Å²) in [5.41, 5.74) is 1.08. The Balaban J connectivity index is 2.30. The van der Waals surface area contributed by atoms with Gasteiger partial charge in [-0.1, -0.05) is 57.7 Å². The van der Waals surface area contributed by atoms with Crippen LogP contribution < -0.4 is 4.90 Å². The monoisotopic (exact) mass is 462 g/mol. The average molecular weight is 463 g/mol. The molecular weight excluding hydrogens is 428 g/mol. The molecule has 0 bridgehead atoms. The molecular formula is C24H34N2O3S2. The summed E-state index contributed by atoms with van der Waals surface area (Å²) in [7, 11) is -2.07. The van der Waals surface area contributed by atoms with Gasteiger partial charge in [0.05, 0.1) is 16.1 Å². The second kappa shape index (κ2) is 9.84. The fourth-order valence-corrected chi connectivity index (χ4v) is 6.69. The van der Waals surface area contributed by atoms with Crippen LogP contribution in [0.1, 0.15) is 52.4 Å². The van der Waals surface area contributed by atoms with E-state index in [9.17, 15) is 13.5 Å². The Bertz CT molecular complexity index is 985. The molecule has 31 heavy (non-hydrogen) atoms. The van der Waals surface area contributed by atoms with Gasteiger partial charge in [0.1, 0.15) is 10.6 Å². The molecule has 0 fully saturated rings. The summed E-state index contributed by atoms with van der Waals surface area (Å²) in [6.07, 6.45) is 7.44. The lowest BCUT2D eigenvalue weighted by molar-refractivity contribution is 0.186. The van der Waals surface area contributed by atoms with Gasteiger partial charge in [-0.2, -0.15) is 4.31 Å². The molecule has 2 aromatic carbocycles. The molecule has 0 aliphatic carbocycles. The Morgan fingerprint density at radius 3 is 2.23 bits per heavy atom. The van der Waals surface area contributed by atoms with E-state index in [0.717, 1.165) is 44.2 Å². The number of fused-ring (bicyclic) bond motifs is 1.